The van der Waals surface area contributed by atoms with Crippen LogP contribution in [0.1, 0.15) is 32.0 Å². The fraction of sp³-hybridized carbons (Fsp3) is 0.346. The summed E-state index contributed by atoms with van der Waals surface area (Å²) in [6.07, 6.45) is 1.91. The van der Waals surface area contributed by atoms with Gasteiger partial charge in [-0.15, -0.1) is 0 Å². The maximum atomic E-state index is 10.1. The molecule has 0 saturated heterocycles. The average molecular weight is 478 g/mol. The summed E-state index contributed by atoms with van der Waals surface area (Å²) in [4.78, 5) is 9.14. The standard InChI is InChI=1S/C26H31N5O4/c1-17(2)28-24(29-18(3)27)22-14-31-11-12-34-23-13-20(9-10-21(23)25(31)30-22)35-26(15-32,16-33)19-7-5-4-6-8-19/h4-10,13-14,17,32-33H,11-12,15-16H2,1-3H3,(H2,27,28,29). The van der Waals surface area contributed by atoms with Crippen molar-refractivity contribution >= 4 is 11.7 Å². The predicted molar refractivity (Wildman–Crippen MR) is 134 cm³/mol. The van der Waals surface area contributed by atoms with Crippen LogP contribution in [0.15, 0.2) is 59.7 Å². The number of aliphatic imine (C=N–C) groups is 1. The molecule has 0 fully saturated rings. The molecule has 2 heterocycles. The van der Waals surface area contributed by atoms with E-state index < -0.39 is 18.8 Å². The van der Waals surface area contributed by atoms with Crippen LogP contribution >= 0.6 is 0 Å². The summed E-state index contributed by atoms with van der Waals surface area (Å²) < 4.78 is 14.2. The first kappa shape index (κ1) is 24.4. The molecule has 184 valence electrons. The quantitative estimate of drug-likeness (QED) is 0.306. The molecule has 0 saturated carbocycles. The summed E-state index contributed by atoms with van der Waals surface area (Å²) in [5.41, 5.74) is 0.823. The van der Waals surface area contributed by atoms with Crippen LogP contribution in [-0.2, 0) is 12.1 Å². The molecule has 1 aromatic heterocycles. The molecule has 4 N–H and O–H groups in total. The fourth-order valence-electron chi connectivity index (χ4n) is 3.97. The average Bonchev–Trinajstić information content (AvgIpc) is 3.19. The molecule has 0 spiro atoms. The lowest BCUT2D eigenvalue weighted by Gasteiger charge is -2.31. The number of nitrogens with zero attached hydrogens (tertiary/aromatic N) is 3. The Balaban J connectivity index is 1.70. The Morgan fingerprint density at radius 1 is 1.23 bits per heavy atom. The van der Waals surface area contributed by atoms with Crippen molar-refractivity contribution in [3.8, 4) is 22.9 Å². The summed E-state index contributed by atoms with van der Waals surface area (Å²) >= 11 is 0. The summed E-state index contributed by atoms with van der Waals surface area (Å²) in [5, 5.41) is 31.3. The zero-order valence-corrected chi connectivity index (χ0v) is 20.2. The Labute approximate surface area is 204 Å². The fourth-order valence-corrected chi connectivity index (χ4v) is 3.97. The molecule has 4 rings (SSSR count). The summed E-state index contributed by atoms with van der Waals surface area (Å²) in [5.74, 6) is 2.51. The molecule has 1 aliphatic heterocycles. The van der Waals surface area contributed by atoms with Crippen molar-refractivity contribution in [2.24, 2.45) is 4.99 Å². The molecule has 0 unspecified atom stereocenters. The first-order valence-electron chi connectivity index (χ1n) is 11.6. The van der Waals surface area contributed by atoms with Crippen molar-refractivity contribution in [3.05, 3.63) is 66.0 Å². The van der Waals surface area contributed by atoms with Gasteiger partial charge in [-0.2, -0.15) is 0 Å². The number of aromatic nitrogens is 2. The third-order valence-electron chi connectivity index (χ3n) is 5.63. The highest BCUT2D eigenvalue weighted by Crippen LogP contribution is 2.37. The predicted octanol–water partition coefficient (Wildman–Crippen LogP) is 2.94. The van der Waals surface area contributed by atoms with Crippen LogP contribution in [0.25, 0.3) is 11.4 Å². The Kier molecular flexibility index (Phi) is 7.18. The van der Waals surface area contributed by atoms with Gasteiger partial charge in [-0.05, 0) is 32.9 Å². The monoisotopic (exact) mass is 477 g/mol. The molecule has 3 aromatic rings. The first-order chi connectivity index (χ1) is 16.8. The first-order valence-corrected chi connectivity index (χ1v) is 11.6. The van der Waals surface area contributed by atoms with E-state index in [4.69, 9.17) is 19.9 Å². The number of aliphatic hydroxyl groups is 2. The van der Waals surface area contributed by atoms with Gasteiger partial charge in [-0.3, -0.25) is 5.41 Å². The third kappa shape index (κ3) is 5.21. The van der Waals surface area contributed by atoms with Crippen LogP contribution in [0.3, 0.4) is 0 Å². The van der Waals surface area contributed by atoms with E-state index in [-0.39, 0.29) is 11.9 Å². The largest absolute Gasteiger partial charge is 0.491 e. The van der Waals surface area contributed by atoms with Crippen LogP contribution in [0.2, 0.25) is 0 Å². The van der Waals surface area contributed by atoms with Crippen molar-refractivity contribution in [1.82, 2.24) is 14.9 Å². The summed E-state index contributed by atoms with van der Waals surface area (Å²) in [7, 11) is 0. The smallest absolute Gasteiger partial charge is 0.180 e. The van der Waals surface area contributed by atoms with E-state index in [1.54, 1.807) is 19.1 Å². The number of benzene rings is 2. The van der Waals surface area contributed by atoms with Gasteiger partial charge in [0.1, 0.15) is 35.5 Å². The molecule has 9 nitrogen and oxygen atoms in total. The van der Waals surface area contributed by atoms with Gasteiger partial charge in [0.2, 0.25) is 0 Å². The molecule has 0 bridgehead atoms. The van der Waals surface area contributed by atoms with Crippen molar-refractivity contribution in [2.75, 3.05) is 19.8 Å². The number of nitrogens with one attached hydrogen (secondary N) is 2. The highest BCUT2D eigenvalue weighted by Gasteiger charge is 2.34. The molecule has 35 heavy (non-hydrogen) atoms. The highest BCUT2D eigenvalue weighted by molar-refractivity contribution is 6.04. The normalized spacial score (nSPS) is 13.5. The Bertz CT molecular complexity index is 1220. The summed E-state index contributed by atoms with van der Waals surface area (Å²) in [6, 6.07) is 14.7. The second-order valence-corrected chi connectivity index (χ2v) is 8.77. The number of ether oxygens (including phenoxy) is 2. The van der Waals surface area contributed by atoms with Crippen molar-refractivity contribution in [1.29, 1.82) is 5.41 Å². The molecule has 0 radical (unpaired) electrons. The van der Waals surface area contributed by atoms with Crippen molar-refractivity contribution in [2.45, 2.75) is 39.0 Å². The van der Waals surface area contributed by atoms with E-state index in [1.165, 1.54) is 0 Å². The number of aliphatic hydroxyl groups excluding tert-OH is 2. The van der Waals surface area contributed by atoms with Gasteiger partial charge in [0, 0.05) is 23.9 Å². The maximum absolute atomic E-state index is 10.1. The van der Waals surface area contributed by atoms with Crippen LogP contribution in [0.4, 0.5) is 0 Å². The number of rotatable bonds is 7. The second-order valence-electron chi connectivity index (χ2n) is 8.77. The van der Waals surface area contributed by atoms with E-state index in [9.17, 15) is 10.2 Å². The van der Waals surface area contributed by atoms with E-state index in [0.717, 1.165) is 11.4 Å². The molecule has 1 aliphatic rings. The molecule has 9 heteroatoms. The number of fused-ring (bicyclic) bond motifs is 3. The van der Waals surface area contributed by atoms with Crippen LogP contribution < -0.4 is 14.8 Å². The Hall–Kier alpha value is -3.69. The van der Waals surface area contributed by atoms with Gasteiger partial charge in [0.05, 0.1) is 25.3 Å². The van der Waals surface area contributed by atoms with Crippen LogP contribution in [-0.4, -0.2) is 57.3 Å². The molecule has 0 atom stereocenters. The zero-order chi connectivity index (χ0) is 25.0. The maximum Gasteiger partial charge on any atom is 0.180 e. The molecule has 2 aromatic carbocycles. The minimum Gasteiger partial charge on any atom is -0.491 e. The lowest BCUT2D eigenvalue weighted by Crippen LogP contribution is -2.41. The number of hydrogen-bond acceptors (Lipinski definition) is 6. The molecule has 0 aliphatic carbocycles. The highest BCUT2D eigenvalue weighted by atomic mass is 16.5. The minimum absolute atomic E-state index is 0.132. The Morgan fingerprint density at radius 3 is 2.63 bits per heavy atom. The number of amidine groups is 2. The second kappa shape index (κ2) is 10.3. The van der Waals surface area contributed by atoms with Gasteiger partial charge in [0.15, 0.2) is 11.4 Å². The number of imidazole rings is 1. The van der Waals surface area contributed by atoms with Gasteiger partial charge in [-0.1, -0.05) is 30.3 Å². The lowest BCUT2D eigenvalue weighted by molar-refractivity contribution is -0.0386. The van der Waals surface area contributed by atoms with E-state index in [0.29, 0.717) is 41.7 Å². The lowest BCUT2D eigenvalue weighted by atomic mass is 9.95. The SMILES string of the molecule is CC(=N)/N=C(\NC(C)C)c1cn2c(n1)-c1ccc(OC(CO)(CO)c3ccccc3)cc1OCC2. The van der Waals surface area contributed by atoms with Gasteiger partial charge < -0.3 is 29.6 Å². The summed E-state index contributed by atoms with van der Waals surface area (Å²) in [6.45, 7) is 5.88. The van der Waals surface area contributed by atoms with Crippen LogP contribution in [0.5, 0.6) is 11.5 Å². The van der Waals surface area contributed by atoms with E-state index >= 15 is 0 Å². The van der Waals surface area contributed by atoms with Gasteiger partial charge in [-0.25, -0.2) is 9.98 Å². The zero-order valence-electron chi connectivity index (χ0n) is 20.2. The van der Waals surface area contributed by atoms with Gasteiger partial charge in [0.25, 0.3) is 0 Å². The van der Waals surface area contributed by atoms with Crippen LogP contribution in [0, 0.1) is 5.41 Å². The Morgan fingerprint density at radius 2 is 1.97 bits per heavy atom. The molecular weight excluding hydrogens is 446 g/mol. The topological polar surface area (TPSA) is 125 Å². The van der Waals surface area contributed by atoms with E-state index in [2.05, 4.69) is 10.3 Å². The number of hydrogen-bond donors (Lipinski definition) is 4. The minimum atomic E-state index is -1.29. The van der Waals surface area contributed by atoms with Gasteiger partial charge >= 0.3 is 0 Å². The molecular formula is C26H31N5O4. The van der Waals surface area contributed by atoms with E-state index in [1.807, 2.05) is 61.0 Å². The third-order valence-corrected chi connectivity index (χ3v) is 5.63. The van der Waals surface area contributed by atoms with Crippen molar-refractivity contribution in [3.63, 3.8) is 0 Å². The van der Waals surface area contributed by atoms with Crippen molar-refractivity contribution < 1.29 is 19.7 Å². The molecule has 0 amide bonds.